The number of hydrogen-bond acceptors (Lipinski definition) is 3. The average Bonchev–Trinajstić information content (AvgIpc) is 2.49. The quantitative estimate of drug-likeness (QED) is 0.773. The summed E-state index contributed by atoms with van der Waals surface area (Å²) in [7, 11) is 0. The maximum Gasteiger partial charge on any atom is 0.244 e. The number of nitrogens with one attached hydrogen (secondary N) is 1. The third kappa shape index (κ3) is 6.40. The lowest BCUT2D eigenvalue weighted by molar-refractivity contribution is -0.137. The highest BCUT2D eigenvalue weighted by Crippen LogP contribution is 2.13. The molecule has 0 fully saturated rings. The van der Waals surface area contributed by atoms with Crippen LogP contribution in [0.5, 0.6) is 0 Å². The molecule has 5 heteroatoms. The number of hydrogen-bond donors (Lipinski definition) is 2. The van der Waals surface area contributed by atoms with Gasteiger partial charge >= 0.3 is 0 Å². The summed E-state index contributed by atoms with van der Waals surface area (Å²) < 4.78 is 0. The van der Waals surface area contributed by atoms with Crippen molar-refractivity contribution in [1.82, 2.24) is 4.90 Å². The molecule has 128 valence electrons. The molecule has 0 saturated carbocycles. The van der Waals surface area contributed by atoms with Crippen molar-refractivity contribution >= 4 is 17.5 Å². The smallest absolute Gasteiger partial charge is 0.244 e. The van der Waals surface area contributed by atoms with Gasteiger partial charge in [-0.2, -0.15) is 0 Å². The molecule has 1 aromatic rings. The Morgan fingerprint density at radius 3 is 2.48 bits per heavy atom. The summed E-state index contributed by atoms with van der Waals surface area (Å²) in [6.07, 6.45) is 0.137. The molecule has 23 heavy (non-hydrogen) atoms. The number of para-hydroxylation sites is 1. The molecule has 0 aromatic heterocycles. The fourth-order valence-electron chi connectivity index (χ4n) is 2.18. The Labute approximate surface area is 138 Å². The Morgan fingerprint density at radius 2 is 1.91 bits per heavy atom. The van der Waals surface area contributed by atoms with Crippen LogP contribution in [-0.4, -0.2) is 41.0 Å². The van der Waals surface area contributed by atoms with Crippen LogP contribution in [0.15, 0.2) is 24.3 Å². The summed E-state index contributed by atoms with van der Waals surface area (Å²) in [4.78, 5) is 26.0. The van der Waals surface area contributed by atoms with Crippen LogP contribution >= 0.6 is 0 Å². The number of amides is 2. The van der Waals surface area contributed by atoms with Crippen LogP contribution in [0.2, 0.25) is 0 Å². The summed E-state index contributed by atoms with van der Waals surface area (Å²) in [6, 6.07) is 7.52. The van der Waals surface area contributed by atoms with Crippen molar-refractivity contribution in [1.29, 1.82) is 0 Å². The fraction of sp³-hybridized carbons (Fsp3) is 0.556. The highest BCUT2D eigenvalue weighted by Gasteiger charge is 2.21. The van der Waals surface area contributed by atoms with Gasteiger partial charge < -0.3 is 15.3 Å². The molecule has 0 aliphatic carbocycles. The molecule has 0 bridgehead atoms. The van der Waals surface area contributed by atoms with Crippen LogP contribution in [0.4, 0.5) is 5.69 Å². The summed E-state index contributed by atoms with van der Waals surface area (Å²) in [5.74, 6) is -0.392. The monoisotopic (exact) mass is 320 g/mol. The average molecular weight is 320 g/mol. The SMILES string of the molecule is CCCN(CC(=O)Nc1ccccc1C)C(=O)CC(O)C(C)C. The van der Waals surface area contributed by atoms with Crippen LogP contribution in [0, 0.1) is 12.8 Å². The zero-order chi connectivity index (χ0) is 17.4. The minimum absolute atomic E-state index is 0.00578. The van der Waals surface area contributed by atoms with Crippen molar-refractivity contribution in [3.63, 3.8) is 0 Å². The predicted molar refractivity (Wildman–Crippen MR) is 92.1 cm³/mol. The van der Waals surface area contributed by atoms with Crippen LogP contribution in [0.3, 0.4) is 0 Å². The first-order chi connectivity index (χ1) is 10.8. The molecule has 2 N–H and O–H groups in total. The fourth-order valence-corrected chi connectivity index (χ4v) is 2.18. The minimum atomic E-state index is -0.679. The van der Waals surface area contributed by atoms with E-state index in [9.17, 15) is 14.7 Å². The van der Waals surface area contributed by atoms with Gasteiger partial charge in [0.25, 0.3) is 0 Å². The molecule has 1 atom stereocenters. The van der Waals surface area contributed by atoms with Gasteiger partial charge in [-0.05, 0) is 30.9 Å². The van der Waals surface area contributed by atoms with E-state index in [2.05, 4.69) is 5.32 Å². The second-order valence-electron chi connectivity index (χ2n) is 6.19. The second-order valence-corrected chi connectivity index (χ2v) is 6.19. The molecule has 0 radical (unpaired) electrons. The highest BCUT2D eigenvalue weighted by molar-refractivity contribution is 5.95. The summed E-state index contributed by atoms with van der Waals surface area (Å²) in [5, 5.41) is 12.7. The van der Waals surface area contributed by atoms with E-state index in [-0.39, 0.29) is 30.7 Å². The van der Waals surface area contributed by atoms with Gasteiger partial charge in [0, 0.05) is 12.2 Å². The van der Waals surface area contributed by atoms with Crippen LogP contribution in [0.1, 0.15) is 39.2 Å². The molecular formula is C18H28N2O3. The molecule has 0 saturated heterocycles. The first-order valence-corrected chi connectivity index (χ1v) is 8.16. The van der Waals surface area contributed by atoms with Gasteiger partial charge in [0.1, 0.15) is 0 Å². The number of carbonyl (C=O) groups excluding carboxylic acids is 2. The molecule has 0 spiro atoms. The molecule has 2 amide bonds. The predicted octanol–water partition coefficient (Wildman–Crippen LogP) is 2.58. The van der Waals surface area contributed by atoms with E-state index in [1.54, 1.807) is 0 Å². The molecule has 5 nitrogen and oxygen atoms in total. The number of nitrogens with zero attached hydrogens (tertiary/aromatic N) is 1. The molecule has 1 aromatic carbocycles. The zero-order valence-corrected chi connectivity index (χ0v) is 14.5. The van der Waals surface area contributed by atoms with E-state index >= 15 is 0 Å². The standard InChI is InChI=1S/C18H28N2O3/c1-5-10-20(18(23)11-16(21)13(2)3)12-17(22)19-15-9-7-6-8-14(15)4/h6-9,13,16,21H,5,10-12H2,1-4H3,(H,19,22). The molecular weight excluding hydrogens is 292 g/mol. The third-order valence-corrected chi connectivity index (χ3v) is 3.75. The van der Waals surface area contributed by atoms with E-state index in [1.165, 1.54) is 4.90 Å². The molecule has 0 aliphatic heterocycles. The van der Waals surface area contributed by atoms with E-state index in [0.717, 1.165) is 17.7 Å². The third-order valence-electron chi connectivity index (χ3n) is 3.75. The van der Waals surface area contributed by atoms with Gasteiger partial charge in [0.15, 0.2) is 0 Å². The Morgan fingerprint density at radius 1 is 1.26 bits per heavy atom. The number of rotatable bonds is 8. The number of aliphatic hydroxyl groups is 1. The first-order valence-electron chi connectivity index (χ1n) is 8.16. The van der Waals surface area contributed by atoms with Gasteiger partial charge in [-0.25, -0.2) is 0 Å². The van der Waals surface area contributed by atoms with Crippen LogP contribution < -0.4 is 5.32 Å². The number of aliphatic hydroxyl groups excluding tert-OH is 1. The van der Waals surface area contributed by atoms with Crippen molar-refractivity contribution in [2.75, 3.05) is 18.4 Å². The lowest BCUT2D eigenvalue weighted by atomic mass is 10.0. The van der Waals surface area contributed by atoms with Crippen molar-refractivity contribution in [3.8, 4) is 0 Å². The zero-order valence-electron chi connectivity index (χ0n) is 14.5. The Kier molecular flexibility index (Phi) is 7.75. The van der Waals surface area contributed by atoms with E-state index in [0.29, 0.717) is 6.54 Å². The topological polar surface area (TPSA) is 69.6 Å². The molecule has 1 rings (SSSR count). The molecule has 1 unspecified atom stereocenters. The molecule has 0 heterocycles. The van der Waals surface area contributed by atoms with E-state index in [4.69, 9.17) is 0 Å². The van der Waals surface area contributed by atoms with Crippen LogP contribution in [0.25, 0.3) is 0 Å². The number of carbonyl (C=O) groups is 2. The van der Waals surface area contributed by atoms with Gasteiger partial charge in [-0.1, -0.05) is 39.0 Å². The lowest BCUT2D eigenvalue weighted by Crippen LogP contribution is -2.40. The number of benzene rings is 1. The maximum absolute atomic E-state index is 12.3. The van der Waals surface area contributed by atoms with Crippen molar-refractivity contribution in [3.05, 3.63) is 29.8 Å². The Hall–Kier alpha value is -1.88. The summed E-state index contributed by atoms with van der Waals surface area (Å²) in [6.45, 7) is 8.12. The van der Waals surface area contributed by atoms with Crippen LogP contribution in [-0.2, 0) is 9.59 Å². The molecule has 0 aliphatic rings. The summed E-state index contributed by atoms with van der Waals surface area (Å²) in [5.41, 5.74) is 1.73. The Balaban J connectivity index is 2.66. The second kappa shape index (κ2) is 9.30. The van der Waals surface area contributed by atoms with Gasteiger partial charge in [-0.3, -0.25) is 9.59 Å². The summed E-state index contributed by atoms with van der Waals surface area (Å²) >= 11 is 0. The maximum atomic E-state index is 12.3. The van der Waals surface area contributed by atoms with Gasteiger partial charge in [0.2, 0.25) is 11.8 Å². The Bertz CT molecular complexity index is 529. The van der Waals surface area contributed by atoms with E-state index < -0.39 is 6.10 Å². The normalized spacial score (nSPS) is 12.1. The first kappa shape index (κ1) is 19.2. The number of aryl methyl sites for hydroxylation is 1. The van der Waals surface area contributed by atoms with Crippen molar-refractivity contribution < 1.29 is 14.7 Å². The van der Waals surface area contributed by atoms with Crippen molar-refractivity contribution in [2.24, 2.45) is 5.92 Å². The highest BCUT2D eigenvalue weighted by atomic mass is 16.3. The van der Waals surface area contributed by atoms with Gasteiger partial charge in [0.05, 0.1) is 19.1 Å². The van der Waals surface area contributed by atoms with E-state index in [1.807, 2.05) is 52.0 Å². The van der Waals surface area contributed by atoms with Gasteiger partial charge in [-0.15, -0.1) is 0 Å². The van der Waals surface area contributed by atoms with Crippen molar-refractivity contribution in [2.45, 2.75) is 46.6 Å². The lowest BCUT2D eigenvalue weighted by Gasteiger charge is -2.24. The largest absolute Gasteiger partial charge is 0.392 e. The minimum Gasteiger partial charge on any atom is -0.392 e. The number of anilines is 1.